The zero-order valence-electron chi connectivity index (χ0n) is 10.2. The van der Waals surface area contributed by atoms with Gasteiger partial charge in [-0.15, -0.1) is 0 Å². The van der Waals surface area contributed by atoms with Crippen LogP contribution in [0.3, 0.4) is 0 Å². The van der Waals surface area contributed by atoms with Crippen LogP contribution in [0.1, 0.15) is 12.0 Å². The van der Waals surface area contributed by atoms with E-state index in [1.807, 2.05) is 6.07 Å². The predicted octanol–water partition coefficient (Wildman–Crippen LogP) is 1.34. The number of nitrogens with zero attached hydrogens (tertiary/aromatic N) is 1. The third-order valence-electron chi connectivity index (χ3n) is 2.40. The maximum absolute atomic E-state index is 5.03. The first kappa shape index (κ1) is 13.2. The Kier molecular flexibility index (Phi) is 6.88. The smallest absolute Gasteiger partial charge is 0.0947 e. The lowest BCUT2D eigenvalue weighted by atomic mass is 10.3. The van der Waals surface area contributed by atoms with E-state index < -0.39 is 0 Å². The average molecular weight is 226 g/mol. The first-order chi connectivity index (χ1) is 7.83. The van der Waals surface area contributed by atoms with E-state index in [4.69, 9.17) is 9.15 Å². The van der Waals surface area contributed by atoms with Crippen molar-refractivity contribution in [2.24, 2.45) is 0 Å². The Labute approximate surface area is 97.6 Å². The highest BCUT2D eigenvalue weighted by Gasteiger charge is 2.00. The molecule has 4 nitrogen and oxygen atoms in total. The van der Waals surface area contributed by atoms with Crippen molar-refractivity contribution in [2.75, 3.05) is 40.4 Å². The minimum absolute atomic E-state index is 0.831. The Balaban J connectivity index is 1.96. The fraction of sp³-hybridized carbons (Fsp3) is 0.667. The van der Waals surface area contributed by atoms with Crippen LogP contribution >= 0.6 is 0 Å². The second-order valence-electron chi connectivity index (χ2n) is 3.97. The van der Waals surface area contributed by atoms with Crippen LogP contribution in [0, 0.1) is 0 Å². The molecular weight excluding hydrogens is 204 g/mol. The topological polar surface area (TPSA) is 37.6 Å². The maximum atomic E-state index is 5.03. The van der Waals surface area contributed by atoms with Crippen molar-refractivity contribution in [3.05, 3.63) is 24.2 Å². The molecule has 1 aromatic heterocycles. The van der Waals surface area contributed by atoms with E-state index in [1.54, 1.807) is 19.6 Å². The molecule has 4 heteroatoms. The molecule has 1 N–H and O–H groups in total. The Bertz CT molecular complexity index is 250. The summed E-state index contributed by atoms with van der Waals surface area (Å²) in [7, 11) is 3.85. The first-order valence-electron chi connectivity index (χ1n) is 5.72. The second-order valence-corrected chi connectivity index (χ2v) is 3.97. The van der Waals surface area contributed by atoms with Crippen molar-refractivity contribution >= 4 is 0 Å². The lowest BCUT2D eigenvalue weighted by molar-refractivity contribution is 0.194. The number of furan rings is 1. The third kappa shape index (κ3) is 5.90. The van der Waals surface area contributed by atoms with E-state index in [-0.39, 0.29) is 0 Å². The summed E-state index contributed by atoms with van der Waals surface area (Å²) < 4.78 is 10.0. The van der Waals surface area contributed by atoms with Crippen LogP contribution in [0.25, 0.3) is 0 Å². The molecule has 0 amide bonds. The zero-order chi connectivity index (χ0) is 11.6. The van der Waals surface area contributed by atoms with Crippen LogP contribution in [0.4, 0.5) is 0 Å². The SMILES string of the molecule is COCCCNCCN(C)Cc1ccoc1. The molecule has 1 heterocycles. The fourth-order valence-electron chi connectivity index (χ4n) is 1.51. The Morgan fingerprint density at radius 3 is 3.00 bits per heavy atom. The fourth-order valence-corrected chi connectivity index (χ4v) is 1.51. The van der Waals surface area contributed by atoms with Crippen molar-refractivity contribution in [3.63, 3.8) is 0 Å². The maximum Gasteiger partial charge on any atom is 0.0947 e. The summed E-state index contributed by atoms with van der Waals surface area (Å²) in [6.07, 6.45) is 4.58. The molecule has 0 atom stereocenters. The van der Waals surface area contributed by atoms with Crippen LogP contribution in [0.5, 0.6) is 0 Å². The largest absolute Gasteiger partial charge is 0.472 e. The van der Waals surface area contributed by atoms with Gasteiger partial charge in [0.2, 0.25) is 0 Å². The second kappa shape index (κ2) is 8.33. The van der Waals surface area contributed by atoms with Crippen molar-refractivity contribution in [1.82, 2.24) is 10.2 Å². The molecule has 92 valence electrons. The molecule has 0 aliphatic carbocycles. The van der Waals surface area contributed by atoms with Gasteiger partial charge in [-0.3, -0.25) is 0 Å². The first-order valence-corrected chi connectivity index (χ1v) is 5.72. The molecule has 0 fully saturated rings. The van der Waals surface area contributed by atoms with Crippen molar-refractivity contribution in [3.8, 4) is 0 Å². The van der Waals surface area contributed by atoms with Crippen LogP contribution in [0.15, 0.2) is 23.0 Å². The van der Waals surface area contributed by atoms with E-state index in [1.165, 1.54) is 5.56 Å². The van der Waals surface area contributed by atoms with Gasteiger partial charge < -0.3 is 19.4 Å². The number of hydrogen-bond acceptors (Lipinski definition) is 4. The Morgan fingerprint density at radius 2 is 2.31 bits per heavy atom. The minimum atomic E-state index is 0.831. The lowest BCUT2D eigenvalue weighted by Crippen LogP contribution is -2.29. The number of methoxy groups -OCH3 is 1. The van der Waals surface area contributed by atoms with Gasteiger partial charge in [0.05, 0.1) is 12.5 Å². The molecule has 0 saturated carbocycles. The van der Waals surface area contributed by atoms with Crippen molar-refractivity contribution < 1.29 is 9.15 Å². The van der Waals surface area contributed by atoms with E-state index in [0.717, 1.165) is 39.2 Å². The normalized spacial score (nSPS) is 11.2. The van der Waals surface area contributed by atoms with Gasteiger partial charge in [-0.05, 0) is 26.1 Å². The monoisotopic (exact) mass is 226 g/mol. The molecule has 0 spiro atoms. The molecule has 1 aromatic rings. The van der Waals surface area contributed by atoms with Gasteiger partial charge in [-0.1, -0.05) is 0 Å². The number of rotatable bonds is 9. The van der Waals surface area contributed by atoms with Gasteiger partial charge >= 0.3 is 0 Å². The molecule has 0 aliphatic rings. The molecular formula is C12H22N2O2. The summed E-state index contributed by atoms with van der Waals surface area (Å²) in [6, 6.07) is 2.00. The van der Waals surface area contributed by atoms with E-state index in [9.17, 15) is 0 Å². The summed E-state index contributed by atoms with van der Waals surface area (Å²) in [5.74, 6) is 0. The molecule has 0 unspecified atom stereocenters. The van der Waals surface area contributed by atoms with Gasteiger partial charge in [-0.25, -0.2) is 0 Å². The van der Waals surface area contributed by atoms with Gasteiger partial charge in [0.25, 0.3) is 0 Å². The summed E-state index contributed by atoms with van der Waals surface area (Å²) in [5, 5.41) is 3.39. The number of nitrogens with one attached hydrogen (secondary N) is 1. The van der Waals surface area contributed by atoms with Crippen LogP contribution < -0.4 is 5.32 Å². The number of hydrogen-bond donors (Lipinski definition) is 1. The number of ether oxygens (including phenoxy) is 1. The average Bonchev–Trinajstić information content (AvgIpc) is 2.76. The van der Waals surface area contributed by atoms with Crippen LogP contribution in [-0.4, -0.2) is 45.3 Å². The van der Waals surface area contributed by atoms with Gasteiger partial charge in [-0.2, -0.15) is 0 Å². The standard InChI is InChI=1S/C12H22N2O2/c1-14(10-12-4-9-16-11-12)7-6-13-5-3-8-15-2/h4,9,11,13H,3,5-8,10H2,1-2H3. The van der Waals surface area contributed by atoms with Gasteiger partial charge in [0, 0.05) is 38.9 Å². The van der Waals surface area contributed by atoms with Gasteiger partial charge in [0.15, 0.2) is 0 Å². The van der Waals surface area contributed by atoms with E-state index in [2.05, 4.69) is 17.3 Å². The highest BCUT2D eigenvalue weighted by Crippen LogP contribution is 2.02. The van der Waals surface area contributed by atoms with Crippen LogP contribution in [0.2, 0.25) is 0 Å². The lowest BCUT2D eigenvalue weighted by Gasteiger charge is -2.15. The van der Waals surface area contributed by atoms with E-state index >= 15 is 0 Å². The predicted molar refractivity (Wildman–Crippen MR) is 64.4 cm³/mol. The molecule has 0 aromatic carbocycles. The van der Waals surface area contributed by atoms with Crippen LogP contribution in [-0.2, 0) is 11.3 Å². The number of likely N-dealkylation sites (N-methyl/N-ethyl adjacent to an activating group) is 1. The minimum Gasteiger partial charge on any atom is -0.472 e. The highest BCUT2D eigenvalue weighted by atomic mass is 16.5. The summed E-state index contributed by atoms with van der Waals surface area (Å²) in [4.78, 5) is 2.27. The highest BCUT2D eigenvalue weighted by molar-refractivity contribution is 5.04. The molecule has 1 rings (SSSR count). The molecule has 16 heavy (non-hydrogen) atoms. The quantitative estimate of drug-likeness (QED) is 0.645. The molecule has 0 aliphatic heterocycles. The third-order valence-corrected chi connectivity index (χ3v) is 2.40. The molecule has 0 radical (unpaired) electrons. The van der Waals surface area contributed by atoms with Crippen molar-refractivity contribution in [1.29, 1.82) is 0 Å². The van der Waals surface area contributed by atoms with Gasteiger partial charge in [0.1, 0.15) is 0 Å². The molecule has 0 saturated heterocycles. The zero-order valence-corrected chi connectivity index (χ0v) is 10.2. The Morgan fingerprint density at radius 1 is 1.44 bits per heavy atom. The summed E-state index contributed by atoms with van der Waals surface area (Å²) in [5.41, 5.74) is 1.22. The Hall–Kier alpha value is -0.840. The molecule has 0 bridgehead atoms. The summed E-state index contributed by atoms with van der Waals surface area (Å²) in [6.45, 7) is 4.84. The van der Waals surface area contributed by atoms with Crippen molar-refractivity contribution in [2.45, 2.75) is 13.0 Å². The summed E-state index contributed by atoms with van der Waals surface area (Å²) >= 11 is 0. The van der Waals surface area contributed by atoms with E-state index in [0.29, 0.717) is 0 Å².